The van der Waals surface area contributed by atoms with E-state index < -0.39 is 0 Å². The fourth-order valence-electron chi connectivity index (χ4n) is 1.59. The first-order valence-corrected chi connectivity index (χ1v) is 5.48. The average molecular weight is 232 g/mol. The molecule has 1 unspecified atom stereocenters. The van der Waals surface area contributed by atoms with E-state index >= 15 is 0 Å². The van der Waals surface area contributed by atoms with Gasteiger partial charge in [0.15, 0.2) is 0 Å². The first kappa shape index (κ1) is 11.6. The molecule has 0 fully saturated rings. The van der Waals surface area contributed by atoms with Crippen molar-refractivity contribution in [2.75, 3.05) is 11.9 Å². The molecule has 1 aromatic heterocycles. The van der Waals surface area contributed by atoms with E-state index in [0.717, 1.165) is 11.3 Å². The molecule has 0 amide bonds. The zero-order chi connectivity index (χ0) is 12.4. The van der Waals surface area contributed by atoms with E-state index in [0.29, 0.717) is 11.9 Å². The van der Waals surface area contributed by atoms with Crippen LogP contribution < -0.4 is 10.6 Å². The Labute approximate surface area is 100 Å². The lowest BCUT2D eigenvalue weighted by molar-refractivity contribution is 0.467. The number of rotatable bonds is 3. The van der Waals surface area contributed by atoms with Crippen LogP contribution in [0.25, 0.3) is 0 Å². The molecule has 1 heterocycles. The van der Waals surface area contributed by atoms with Gasteiger partial charge in [0.1, 0.15) is 0 Å². The predicted molar refractivity (Wildman–Crippen MR) is 66.1 cm³/mol. The van der Waals surface area contributed by atoms with Gasteiger partial charge in [-0.25, -0.2) is 0 Å². The first-order chi connectivity index (χ1) is 8.09. The Morgan fingerprint density at radius 2 is 2.00 bits per heavy atom. The normalized spacial score (nSPS) is 12.5. The summed E-state index contributed by atoms with van der Waals surface area (Å²) in [6.45, 7) is 3.85. The number of benzene rings is 1. The van der Waals surface area contributed by atoms with E-state index in [1.807, 2.05) is 50.1 Å². The molecule has 1 aromatic carbocycles. The van der Waals surface area contributed by atoms with Gasteiger partial charge in [0.25, 0.3) is 0 Å². The highest BCUT2D eigenvalue weighted by atomic mass is 16.4. The zero-order valence-electron chi connectivity index (χ0n) is 10.2. The third-order valence-corrected chi connectivity index (χ3v) is 2.58. The number of aromatic nitrogens is 2. The van der Waals surface area contributed by atoms with Crippen molar-refractivity contribution in [2.45, 2.75) is 19.9 Å². The van der Waals surface area contributed by atoms with Crippen molar-refractivity contribution in [3.05, 3.63) is 35.7 Å². The SMILES string of the molecule is Cc1ccccc1N(C)c1nnc(C(C)N)o1. The molecule has 0 aliphatic rings. The Bertz CT molecular complexity index is 507. The summed E-state index contributed by atoms with van der Waals surface area (Å²) < 4.78 is 5.49. The molecule has 1 atom stereocenters. The minimum Gasteiger partial charge on any atom is -0.406 e. The number of anilines is 2. The number of para-hydroxylation sites is 1. The smallest absolute Gasteiger partial charge is 0.322 e. The van der Waals surface area contributed by atoms with Crippen LogP contribution in [-0.2, 0) is 0 Å². The van der Waals surface area contributed by atoms with Crippen molar-refractivity contribution in [2.24, 2.45) is 5.73 Å². The first-order valence-electron chi connectivity index (χ1n) is 5.48. The highest BCUT2D eigenvalue weighted by Gasteiger charge is 2.15. The van der Waals surface area contributed by atoms with Gasteiger partial charge in [-0.1, -0.05) is 23.3 Å². The third-order valence-electron chi connectivity index (χ3n) is 2.58. The summed E-state index contributed by atoms with van der Waals surface area (Å²) >= 11 is 0. The quantitative estimate of drug-likeness (QED) is 0.878. The lowest BCUT2D eigenvalue weighted by atomic mass is 10.2. The molecule has 0 radical (unpaired) electrons. The minimum absolute atomic E-state index is 0.249. The maximum atomic E-state index is 5.68. The number of aryl methyl sites for hydroxylation is 1. The summed E-state index contributed by atoms with van der Waals surface area (Å²) in [5.74, 6) is 0.445. The molecule has 0 aliphatic heterocycles. The zero-order valence-corrected chi connectivity index (χ0v) is 10.2. The number of nitrogens with zero attached hydrogens (tertiary/aromatic N) is 3. The van der Waals surface area contributed by atoms with Crippen molar-refractivity contribution < 1.29 is 4.42 Å². The van der Waals surface area contributed by atoms with E-state index in [-0.39, 0.29) is 6.04 Å². The fraction of sp³-hybridized carbons (Fsp3) is 0.333. The van der Waals surface area contributed by atoms with Crippen LogP contribution in [0.5, 0.6) is 0 Å². The fourth-order valence-corrected chi connectivity index (χ4v) is 1.59. The minimum atomic E-state index is -0.249. The summed E-state index contributed by atoms with van der Waals surface area (Å²) in [6.07, 6.45) is 0. The molecule has 0 saturated carbocycles. The van der Waals surface area contributed by atoms with E-state index in [4.69, 9.17) is 10.2 Å². The van der Waals surface area contributed by atoms with Crippen molar-refractivity contribution in [1.29, 1.82) is 0 Å². The largest absolute Gasteiger partial charge is 0.406 e. The van der Waals surface area contributed by atoms with Crippen LogP contribution in [0.2, 0.25) is 0 Å². The second-order valence-corrected chi connectivity index (χ2v) is 4.06. The Hall–Kier alpha value is -1.88. The van der Waals surface area contributed by atoms with Gasteiger partial charge in [-0.05, 0) is 25.5 Å². The lowest BCUT2D eigenvalue weighted by Crippen LogP contribution is -2.11. The van der Waals surface area contributed by atoms with Gasteiger partial charge >= 0.3 is 6.01 Å². The molecular formula is C12H16N4O. The summed E-state index contributed by atoms with van der Waals surface area (Å²) in [6, 6.07) is 8.21. The number of hydrogen-bond acceptors (Lipinski definition) is 5. The van der Waals surface area contributed by atoms with E-state index in [1.165, 1.54) is 0 Å². The monoisotopic (exact) mass is 232 g/mol. The van der Waals surface area contributed by atoms with Gasteiger partial charge in [0, 0.05) is 12.7 Å². The summed E-state index contributed by atoms with van der Waals surface area (Å²) in [7, 11) is 1.89. The molecule has 5 nitrogen and oxygen atoms in total. The topological polar surface area (TPSA) is 68.2 Å². The maximum absolute atomic E-state index is 5.68. The molecule has 0 bridgehead atoms. The van der Waals surface area contributed by atoms with E-state index in [1.54, 1.807) is 0 Å². The summed E-state index contributed by atoms with van der Waals surface area (Å²) in [5.41, 5.74) is 7.86. The second kappa shape index (κ2) is 4.55. The molecule has 90 valence electrons. The molecule has 5 heteroatoms. The molecule has 2 aromatic rings. The van der Waals surface area contributed by atoms with Gasteiger partial charge in [-0.2, -0.15) is 0 Å². The Balaban J connectivity index is 2.31. The Morgan fingerprint density at radius 1 is 1.29 bits per heavy atom. The van der Waals surface area contributed by atoms with Crippen molar-refractivity contribution in [3.63, 3.8) is 0 Å². The van der Waals surface area contributed by atoms with Gasteiger partial charge in [-0.3, -0.25) is 4.90 Å². The van der Waals surface area contributed by atoms with Gasteiger partial charge in [0.05, 0.1) is 6.04 Å². The van der Waals surface area contributed by atoms with Gasteiger partial charge < -0.3 is 10.2 Å². The van der Waals surface area contributed by atoms with Gasteiger partial charge in [-0.15, -0.1) is 5.10 Å². The Morgan fingerprint density at radius 3 is 2.59 bits per heavy atom. The summed E-state index contributed by atoms with van der Waals surface area (Å²) in [4.78, 5) is 1.86. The Kier molecular flexibility index (Phi) is 3.10. The van der Waals surface area contributed by atoms with Crippen LogP contribution >= 0.6 is 0 Å². The van der Waals surface area contributed by atoms with Crippen LogP contribution in [-0.4, -0.2) is 17.2 Å². The van der Waals surface area contributed by atoms with Crippen LogP contribution in [0.4, 0.5) is 11.7 Å². The van der Waals surface area contributed by atoms with E-state index in [9.17, 15) is 0 Å². The molecule has 2 N–H and O–H groups in total. The van der Waals surface area contributed by atoms with Crippen molar-refractivity contribution in [3.8, 4) is 0 Å². The number of nitrogens with two attached hydrogens (primary N) is 1. The molecular weight excluding hydrogens is 216 g/mol. The molecule has 0 saturated heterocycles. The predicted octanol–water partition coefficient (Wildman–Crippen LogP) is 2.17. The molecule has 17 heavy (non-hydrogen) atoms. The standard InChI is InChI=1S/C12H16N4O/c1-8-6-4-5-7-10(8)16(3)12-15-14-11(17-12)9(2)13/h4-7,9H,13H2,1-3H3. The maximum Gasteiger partial charge on any atom is 0.322 e. The van der Waals surface area contributed by atoms with E-state index in [2.05, 4.69) is 10.2 Å². The lowest BCUT2D eigenvalue weighted by Gasteiger charge is -2.16. The van der Waals surface area contributed by atoms with Crippen LogP contribution in [0.15, 0.2) is 28.7 Å². The highest BCUT2D eigenvalue weighted by Crippen LogP contribution is 2.25. The van der Waals surface area contributed by atoms with Crippen LogP contribution in [0, 0.1) is 6.92 Å². The number of hydrogen-bond donors (Lipinski definition) is 1. The molecule has 2 rings (SSSR count). The molecule has 0 spiro atoms. The summed E-state index contributed by atoms with van der Waals surface area (Å²) in [5, 5.41) is 7.89. The van der Waals surface area contributed by atoms with Crippen molar-refractivity contribution >= 4 is 11.7 Å². The molecule has 0 aliphatic carbocycles. The van der Waals surface area contributed by atoms with Crippen LogP contribution in [0.1, 0.15) is 24.4 Å². The second-order valence-electron chi connectivity index (χ2n) is 4.06. The van der Waals surface area contributed by atoms with Crippen molar-refractivity contribution in [1.82, 2.24) is 10.2 Å². The van der Waals surface area contributed by atoms with Gasteiger partial charge in [0.2, 0.25) is 5.89 Å². The third kappa shape index (κ3) is 2.29. The van der Waals surface area contributed by atoms with Crippen LogP contribution in [0.3, 0.4) is 0 Å². The average Bonchev–Trinajstić information content (AvgIpc) is 2.78. The highest BCUT2D eigenvalue weighted by molar-refractivity contribution is 5.59.